The summed E-state index contributed by atoms with van der Waals surface area (Å²) in [5, 5.41) is 0. The maximum Gasteiger partial charge on any atom is 0.422 e. The highest BCUT2D eigenvalue weighted by atomic mass is 19.4. The molecule has 0 aromatic carbocycles. The lowest BCUT2D eigenvalue weighted by Crippen LogP contribution is -2.19. The van der Waals surface area contributed by atoms with Gasteiger partial charge in [0.1, 0.15) is 6.33 Å². The number of rotatable bonds is 2. The summed E-state index contributed by atoms with van der Waals surface area (Å²) in [7, 11) is 0. The van der Waals surface area contributed by atoms with Gasteiger partial charge >= 0.3 is 6.18 Å². The van der Waals surface area contributed by atoms with Gasteiger partial charge in [-0.05, 0) is 0 Å². The van der Waals surface area contributed by atoms with Crippen LogP contribution >= 0.6 is 0 Å². The van der Waals surface area contributed by atoms with Crippen LogP contribution in [0.25, 0.3) is 0 Å². The largest absolute Gasteiger partial charge is 0.468 e. The molecule has 0 atom stereocenters. The second kappa shape index (κ2) is 3.38. The predicted molar refractivity (Wildman–Crippen MR) is 32.4 cm³/mol. The molecule has 0 N–H and O–H groups in total. The Balaban J connectivity index is 2.44. The van der Waals surface area contributed by atoms with Crippen molar-refractivity contribution in [3.63, 3.8) is 0 Å². The first-order valence-corrected chi connectivity index (χ1v) is 2.95. The van der Waals surface area contributed by atoms with Gasteiger partial charge < -0.3 is 4.74 Å². The zero-order valence-electron chi connectivity index (χ0n) is 5.80. The van der Waals surface area contributed by atoms with Crippen molar-refractivity contribution in [1.82, 2.24) is 9.97 Å². The van der Waals surface area contributed by atoms with Gasteiger partial charge in [0.15, 0.2) is 6.61 Å². The summed E-state index contributed by atoms with van der Waals surface area (Å²) in [6, 6.07) is 1.13. The summed E-state index contributed by atoms with van der Waals surface area (Å²) in [4.78, 5) is 6.81. The lowest BCUT2D eigenvalue weighted by Gasteiger charge is -2.06. The van der Waals surface area contributed by atoms with Gasteiger partial charge in [0.05, 0.1) is 6.20 Å². The molecular formula is C6H4F3N2O. The molecule has 65 valence electrons. The highest BCUT2D eigenvalue weighted by Gasteiger charge is 2.28. The van der Waals surface area contributed by atoms with Gasteiger partial charge in [-0.25, -0.2) is 9.97 Å². The SMILES string of the molecule is FC(F)(F)COc1c[c]ncn1. The van der Waals surface area contributed by atoms with Gasteiger partial charge in [0, 0.05) is 6.07 Å². The Labute approximate surface area is 66.2 Å². The average Bonchev–Trinajstić information content (AvgIpc) is 2.02. The highest BCUT2D eigenvalue weighted by molar-refractivity contribution is 5.03. The lowest BCUT2D eigenvalue weighted by atomic mass is 10.6. The second-order valence-corrected chi connectivity index (χ2v) is 1.89. The van der Waals surface area contributed by atoms with Crippen molar-refractivity contribution in [3.8, 4) is 5.88 Å². The molecule has 1 aromatic rings. The third-order valence-corrected chi connectivity index (χ3v) is 0.889. The van der Waals surface area contributed by atoms with E-state index in [0.29, 0.717) is 0 Å². The zero-order valence-corrected chi connectivity index (χ0v) is 5.80. The molecule has 0 aliphatic carbocycles. The molecule has 6 heteroatoms. The number of nitrogens with zero attached hydrogens (tertiary/aromatic N) is 2. The molecule has 0 aliphatic heterocycles. The van der Waals surface area contributed by atoms with Crippen LogP contribution in [0, 0.1) is 6.20 Å². The van der Waals surface area contributed by atoms with E-state index in [9.17, 15) is 13.2 Å². The average molecular weight is 177 g/mol. The molecule has 0 saturated heterocycles. The fraction of sp³-hybridized carbons (Fsp3) is 0.333. The number of hydrogen-bond donors (Lipinski definition) is 0. The highest BCUT2D eigenvalue weighted by Crippen LogP contribution is 2.15. The molecule has 1 heterocycles. The Kier molecular flexibility index (Phi) is 2.47. The van der Waals surface area contributed by atoms with E-state index in [1.807, 2.05) is 0 Å². The number of alkyl halides is 3. The van der Waals surface area contributed by atoms with E-state index in [2.05, 4.69) is 20.9 Å². The molecule has 1 rings (SSSR count). The summed E-state index contributed by atoms with van der Waals surface area (Å²) in [6.07, 6.45) is -0.989. The van der Waals surface area contributed by atoms with Gasteiger partial charge in [-0.3, -0.25) is 0 Å². The van der Waals surface area contributed by atoms with Gasteiger partial charge in [0.2, 0.25) is 5.88 Å². The maximum atomic E-state index is 11.6. The minimum atomic E-state index is -4.34. The van der Waals surface area contributed by atoms with E-state index in [1.165, 1.54) is 0 Å². The van der Waals surface area contributed by atoms with Crippen LogP contribution in [-0.2, 0) is 0 Å². The Morgan fingerprint density at radius 3 is 2.75 bits per heavy atom. The minimum absolute atomic E-state index is 0.137. The van der Waals surface area contributed by atoms with Crippen LogP contribution in [0.5, 0.6) is 5.88 Å². The molecule has 1 aromatic heterocycles. The van der Waals surface area contributed by atoms with Crippen LogP contribution in [0.15, 0.2) is 12.4 Å². The van der Waals surface area contributed by atoms with Gasteiger partial charge in [-0.15, -0.1) is 0 Å². The van der Waals surface area contributed by atoms with Crippen LogP contribution in [-0.4, -0.2) is 22.8 Å². The molecule has 1 radical (unpaired) electrons. The maximum absolute atomic E-state index is 11.6. The number of hydrogen-bond acceptors (Lipinski definition) is 3. The van der Waals surface area contributed by atoms with E-state index >= 15 is 0 Å². The van der Waals surface area contributed by atoms with Crippen LogP contribution in [0.2, 0.25) is 0 Å². The number of aromatic nitrogens is 2. The van der Waals surface area contributed by atoms with Gasteiger partial charge in [0.25, 0.3) is 0 Å². The second-order valence-electron chi connectivity index (χ2n) is 1.89. The van der Waals surface area contributed by atoms with E-state index < -0.39 is 12.8 Å². The first kappa shape index (κ1) is 8.76. The van der Waals surface area contributed by atoms with Crippen molar-refractivity contribution in [3.05, 3.63) is 18.6 Å². The van der Waals surface area contributed by atoms with Crippen molar-refractivity contribution in [1.29, 1.82) is 0 Å². The summed E-state index contributed by atoms with van der Waals surface area (Å²) < 4.78 is 39.0. The molecule has 0 spiro atoms. The summed E-state index contributed by atoms with van der Waals surface area (Å²) in [5.41, 5.74) is 0. The molecule has 0 aliphatic rings. The molecule has 0 fully saturated rings. The summed E-state index contributed by atoms with van der Waals surface area (Å²) >= 11 is 0. The van der Waals surface area contributed by atoms with E-state index in [0.717, 1.165) is 12.4 Å². The molecule has 0 amide bonds. The van der Waals surface area contributed by atoms with Crippen molar-refractivity contribution >= 4 is 0 Å². The summed E-state index contributed by atoms with van der Waals surface area (Å²) in [6.45, 7) is -1.35. The van der Waals surface area contributed by atoms with Crippen LogP contribution < -0.4 is 4.74 Å². The van der Waals surface area contributed by atoms with Crippen LogP contribution in [0.4, 0.5) is 13.2 Å². The van der Waals surface area contributed by atoms with Crippen LogP contribution in [0.3, 0.4) is 0 Å². The molecular weight excluding hydrogens is 173 g/mol. The monoisotopic (exact) mass is 177 g/mol. The molecule has 0 bridgehead atoms. The van der Waals surface area contributed by atoms with Gasteiger partial charge in [-0.2, -0.15) is 13.2 Å². The summed E-state index contributed by atoms with van der Waals surface area (Å²) in [5.74, 6) is -0.137. The molecule has 0 saturated carbocycles. The lowest BCUT2D eigenvalue weighted by molar-refractivity contribution is -0.154. The Morgan fingerprint density at radius 1 is 1.50 bits per heavy atom. The van der Waals surface area contributed by atoms with Gasteiger partial charge in [-0.1, -0.05) is 0 Å². The minimum Gasteiger partial charge on any atom is -0.468 e. The normalized spacial score (nSPS) is 11.2. The topological polar surface area (TPSA) is 35.0 Å². The fourth-order valence-electron chi connectivity index (χ4n) is 0.484. The molecule has 3 nitrogen and oxygen atoms in total. The molecule has 0 unspecified atom stereocenters. The number of ether oxygens (including phenoxy) is 1. The van der Waals surface area contributed by atoms with E-state index in [-0.39, 0.29) is 5.88 Å². The quantitative estimate of drug-likeness (QED) is 0.681. The van der Waals surface area contributed by atoms with E-state index in [4.69, 9.17) is 0 Å². The van der Waals surface area contributed by atoms with Crippen LogP contribution in [0.1, 0.15) is 0 Å². The van der Waals surface area contributed by atoms with Crippen molar-refractivity contribution in [2.24, 2.45) is 0 Å². The molecule has 12 heavy (non-hydrogen) atoms. The van der Waals surface area contributed by atoms with Crippen molar-refractivity contribution in [2.75, 3.05) is 6.61 Å². The Morgan fingerprint density at radius 2 is 2.25 bits per heavy atom. The predicted octanol–water partition coefficient (Wildman–Crippen LogP) is 1.22. The zero-order chi connectivity index (χ0) is 9.03. The third-order valence-electron chi connectivity index (χ3n) is 0.889. The smallest absolute Gasteiger partial charge is 0.422 e. The fourth-order valence-corrected chi connectivity index (χ4v) is 0.484. The first-order valence-electron chi connectivity index (χ1n) is 2.95. The van der Waals surface area contributed by atoms with E-state index in [1.54, 1.807) is 0 Å². The Hall–Kier alpha value is -1.33. The Bertz CT molecular complexity index is 236. The number of halogens is 3. The van der Waals surface area contributed by atoms with Crippen molar-refractivity contribution in [2.45, 2.75) is 6.18 Å². The first-order chi connectivity index (χ1) is 5.58. The van der Waals surface area contributed by atoms with Crippen molar-refractivity contribution < 1.29 is 17.9 Å². The standard InChI is InChI=1S/C6H4F3N2O/c7-6(8,9)3-12-5-1-2-10-4-11-5/h1,4H,3H2. The third kappa shape index (κ3) is 3.18.